The molecule has 0 N–H and O–H groups in total. The molecule has 0 aliphatic heterocycles. The van der Waals surface area contributed by atoms with E-state index in [1.807, 2.05) is 24.3 Å². The molecule has 2 rings (SSSR count). The lowest BCUT2D eigenvalue weighted by molar-refractivity contribution is -0.109. The molecular formula is C15H13NOS. The standard InChI is InChI=1S/C15H13NOS/c1-12(17)18-10-2-3-13-4-6-14(7-5-13)15(11-16)8-9-15/h4-7H,8-10H2,1H3. The van der Waals surface area contributed by atoms with Crippen molar-refractivity contribution < 1.29 is 4.79 Å². The van der Waals surface area contributed by atoms with Gasteiger partial charge in [0.2, 0.25) is 0 Å². The highest BCUT2D eigenvalue weighted by Gasteiger charge is 2.44. The first-order chi connectivity index (χ1) is 8.66. The summed E-state index contributed by atoms with van der Waals surface area (Å²) in [5.41, 5.74) is 1.79. The van der Waals surface area contributed by atoms with Crippen molar-refractivity contribution in [3.8, 4) is 17.9 Å². The Labute approximate surface area is 111 Å². The van der Waals surface area contributed by atoms with Gasteiger partial charge in [-0.1, -0.05) is 35.7 Å². The Morgan fingerprint density at radius 1 is 1.39 bits per heavy atom. The van der Waals surface area contributed by atoms with Crippen LogP contribution in [0.2, 0.25) is 0 Å². The highest BCUT2D eigenvalue weighted by atomic mass is 32.2. The number of nitriles is 1. The van der Waals surface area contributed by atoms with Gasteiger partial charge < -0.3 is 0 Å². The highest BCUT2D eigenvalue weighted by molar-refractivity contribution is 8.13. The lowest BCUT2D eigenvalue weighted by Crippen LogP contribution is -2.01. The molecule has 0 unspecified atom stereocenters. The maximum atomic E-state index is 10.7. The van der Waals surface area contributed by atoms with Gasteiger partial charge in [0, 0.05) is 12.5 Å². The van der Waals surface area contributed by atoms with Gasteiger partial charge in [-0.05, 0) is 30.5 Å². The summed E-state index contributed by atoms with van der Waals surface area (Å²) in [5, 5.41) is 9.18. The smallest absolute Gasteiger partial charge is 0.186 e. The monoisotopic (exact) mass is 255 g/mol. The summed E-state index contributed by atoms with van der Waals surface area (Å²) < 4.78 is 0. The number of rotatable bonds is 2. The van der Waals surface area contributed by atoms with Crippen LogP contribution in [-0.2, 0) is 10.2 Å². The fourth-order valence-electron chi connectivity index (χ4n) is 1.74. The van der Waals surface area contributed by atoms with Crippen molar-refractivity contribution in [2.75, 3.05) is 5.75 Å². The van der Waals surface area contributed by atoms with Crippen LogP contribution in [0.1, 0.15) is 30.9 Å². The van der Waals surface area contributed by atoms with E-state index in [0.717, 1.165) is 24.0 Å². The van der Waals surface area contributed by atoms with Crippen LogP contribution >= 0.6 is 11.8 Å². The Hall–Kier alpha value is -1.71. The van der Waals surface area contributed by atoms with Crippen LogP contribution < -0.4 is 0 Å². The zero-order chi connectivity index (χ0) is 13.0. The maximum absolute atomic E-state index is 10.7. The first kappa shape index (κ1) is 12.7. The third kappa shape index (κ3) is 2.94. The minimum atomic E-state index is -0.226. The third-order valence-corrected chi connectivity index (χ3v) is 3.68. The number of nitrogens with zero attached hydrogens (tertiary/aromatic N) is 1. The SMILES string of the molecule is CC(=O)SCC#Cc1ccc(C2(C#N)CC2)cc1. The number of benzene rings is 1. The van der Waals surface area contributed by atoms with E-state index >= 15 is 0 Å². The number of carbonyl (C=O) groups excluding carboxylic acids is 1. The maximum Gasteiger partial charge on any atom is 0.186 e. The Morgan fingerprint density at radius 3 is 2.56 bits per heavy atom. The van der Waals surface area contributed by atoms with E-state index in [2.05, 4.69) is 17.9 Å². The molecule has 1 aromatic carbocycles. The lowest BCUT2D eigenvalue weighted by atomic mass is 9.97. The molecule has 0 heterocycles. The molecule has 3 heteroatoms. The molecule has 1 aromatic rings. The van der Waals surface area contributed by atoms with Crippen molar-refractivity contribution in [2.24, 2.45) is 0 Å². The van der Waals surface area contributed by atoms with Crippen LogP contribution in [0, 0.1) is 23.2 Å². The molecule has 0 aromatic heterocycles. The van der Waals surface area contributed by atoms with Crippen molar-refractivity contribution in [3.05, 3.63) is 35.4 Å². The average molecular weight is 255 g/mol. The summed E-state index contributed by atoms with van der Waals surface area (Å²) >= 11 is 1.22. The van der Waals surface area contributed by atoms with E-state index in [9.17, 15) is 4.79 Å². The fourth-order valence-corrected chi connectivity index (χ4v) is 2.09. The van der Waals surface area contributed by atoms with Crippen LogP contribution in [0.4, 0.5) is 0 Å². The van der Waals surface area contributed by atoms with Gasteiger partial charge in [-0.2, -0.15) is 5.26 Å². The van der Waals surface area contributed by atoms with Gasteiger partial charge in [0.15, 0.2) is 5.12 Å². The largest absolute Gasteiger partial charge is 0.288 e. The molecule has 2 nitrogen and oxygen atoms in total. The van der Waals surface area contributed by atoms with Crippen LogP contribution in [0.15, 0.2) is 24.3 Å². The van der Waals surface area contributed by atoms with E-state index in [0.29, 0.717) is 5.75 Å². The van der Waals surface area contributed by atoms with Crippen molar-refractivity contribution in [1.29, 1.82) is 5.26 Å². The summed E-state index contributed by atoms with van der Waals surface area (Å²) in [6, 6.07) is 10.2. The van der Waals surface area contributed by atoms with E-state index in [1.165, 1.54) is 18.7 Å². The van der Waals surface area contributed by atoms with Crippen LogP contribution in [0.5, 0.6) is 0 Å². The van der Waals surface area contributed by atoms with E-state index < -0.39 is 0 Å². The minimum Gasteiger partial charge on any atom is -0.288 e. The summed E-state index contributed by atoms with van der Waals surface area (Å²) in [5.74, 6) is 6.49. The van der Waals surface area contributed by atoms with Crippen molar-refractivity contribution in [3.63, 3.8) is 0 Å². The molecule has 1 aliphatic carbocycles. The molecule has 90 valence electrons. The average Bonchev–Trinajstić information content (AvgIpc) is 3.16. The van der Waals surface area contributed by atoms with E-state index in [1.54, 1.807) is 0 Å². The highest BCUT2D eigenvalue weighted by Crippen LogP contribution is 2.47. The summed E-state index contributed by atoms with van der Waals surface area (Å²) in [7, 11) is 0. The molecule has 1 saturated carbocycles. The molecule has 0 bridgehead atoms. The number of carbonyl (C=O) groups is 1. The van der Waals surface area contributed by atoms with Gasteiger partial charge in [0.25, 0.3) is 0 Å². The van der Waals surface area contributed by atoms with E-state index in [4.69, 9.17) is 5.26 Å². The van der Waals surface area contributed by atoms with E-state index in [-0.39, 0.29) is 10.5 Å². The first-order valence-corrected chi connectivity index (χ1v) is 6.79. The van der Waals surface area contributed by atoms with Gasteiger partial charge in [0.05, 0.1) is 17.2 Å². The second kappa shape index (κ2) is 5.29. The summed E-state index contributed by atoms with van der Waals surface area (Å²) in [4.78, 5) is 10.7. The third-order valence-electron chi connectivity index (χ3n) is 2.98. The molecule has 0 atom stereocenters. The molecule has 0 amide bonds. The summed E-state index contributed by atoms with van der Waals surface area (Å²) in [6.07, 6.45) is 1.92. The van der Waals surface area contributed by atoms with Crippen LogP contribution in [0.3, 0.4) is 0 Å². The van der Waals surface area contributed by atoms with Gasteiger partial charge in [0.1, 0.15) is 0 Å². The Bertz CT molecular complexity index is 553. The second-order valence-electron chi connectivity index (χ2n) is 4.35. The van der Waals surface area contributed by atoms with Crippen molar-refractivity contribution in [1.82, 2.24) is 0 Å². The zero-order valence-corrected chi connectivity index (χ0v) is 11.0. The van der Waals surface area contributed by atoms with Crippen LogP contribution in [0.25, 0.3) is 0 Å². The molecular weight excluding hydrogens is 242 g/mol. The predicted octanol–water partition coefficient (Wildman–Crippen LogP) is 2.87. The van der Waals surface area contributed by atoms with Crippen molar-refractivity contribution in [2.45, 2.75) is 25.2 Å². The quantitative estimate of drug-likeness (QED) is 0.763. The topological polar surface area (TPSA) is 40.9 Å². The molecule has 0 radical (unpaired) electrons. The molecule has 0 saturated heterocycles. The van der Waals surface area contributed by atoms with Crippen LogP contribution in [-0.4, -0.2) is 10.9 Å². The van der Waals surface area contributed by atoms with Gasteiger partial charge in [-0.3, -0.25) is 4.79 Å². The minimum absolute atomic E-state index is 0.0874. The van der Waals surface area contributed by atoms with Gasteiger partial charge in [-0.25, -0.2) is 0 Å². The Kier molecular flexibility index (Phi) is 3.75. The number of hydrogen-bond donors (Lipinski definition) is 0. The molecule has 1 fully saturated rings. The normalized spacial score (nSPS) is 15.1. The second-order valence-corrected chi connectivity index (χ2v) is 5.51. The zero-order valence-electron chi connectivity index (χ0n) is 10.2. The van der Waals surface area contributed by atoms with Gasteiger partial charge >= 0.3 is 0 Å². The predicted molar refractivity (Wildman–Crippen MR) is 73.0 cm³/mol. The summed E-state index contributed by atoms with van der Waals surface area (Å²) in [6.45, 7) is 1.54. The fraction of sp³-hybridized carbons (Fsp3) is 0.333. The lowest BCUT2D eigenvalue weighted by Gasteiger charge is -2.04. The number of thioether (sulfide) groups is 1. The first-order valence-electron chi connectivity index (χ1n) is 5.80. The van der Waals surface area contributed by atoms with Gasteiger partial charge in [-0.15, -0.1) is 0 Å². The Morgan fingerprint density at radius 2 is 2.06 bits per heavy atom. The number of hydrogen-bond acceptors (Lipinski definition) is 3. The molecule has 18 heavy (non-hydrogen) atoms. The molecule has 0 spiro atoms. The van der Waals surface area contributed by atoms with Crippen molar-refractivity contribution >= 4 is 16.9 Å². The Balaban J connectivity index is 2.00. The molecule has 1 aliphatic rings.